The summed E-state index contributed by atoms with van der Waals surface area (Å²) in [4.78, 5) is 17.1. The molecule has 1 atom stereocenters. The molecule has 1 aromatic carbocycles. The van der Waals surface area contributed by atoms with Crippen LogP contribution in [0.4, 0.5) is 0 Å². The number of H-pyrrole nitrogens is 1. The molecule has 1 aliphatic rings. The van der Waals surface area contributed by atoms with E-state index in [9.17, 15) is 4.79 Å². The van der Waals surface area contributed by atoms with Crippen molar-refractivity contribution in [2.24, 2.45) is 0 Å². The van der Waals surface area contributed by atoms with Crippen molar-refractivity contribution in [3.05, 3.63) is 35.7 Å². The van der Waals surface area contributed by atoms with Crippen LogP contribution in [0.3, 0.4) is 0 Å². The third-order valence-electron chi connectivity index (χ3n) is 4.04. The number of carbonyl (C=O) groups is 1. The van der Waals surface area contributed by atoms with E-state index >= 15 is 0 Å². The summed E-state index contributed by atoms with van der Waals surface area (Å²) in [6.07, 6.45) is 4.00. The van der Waals surface area contributed by atoms with Crippen LogP contribution in [-0.4, -0.2) is 36.1 Å². The van der Waals surface area contributed by atoms with E-state index < -0.39 is 0 Å². The van der Waals surface area contributed by atoms with Gasteiger partial charge in [0.2, 0.25) is 0 Å². The number of benzene rings is 1. The molecule has 0 amide bonds. The number of carbonyl (C=O) groups excluding carboxylic acids is 1. The summed E-state index contributed by atoms with van der Waals surface area (Å²) in [6, 6.07) is 6.09. The van der Waals surface area contributed by atoms with Gasteiger partial charge < -0.3 is 19.4 Å². The number of ether oxygens (including phenoxy) is 2. The number of fused-ring (bicyclic) bond motifs is 3. The largest absolute Gasteiger partial charge is 0.497 e. The van der Waals surface area contributed by atoms with Crippen LogP contribution < -0.4 is 4.74 Å². The fourth-order valence-corrected chi connectivity index (χ4v) is 2.87. The average Bonchev–Trinajstić information content (AvgIpc) is 2.88. The van der Waals surface area contributed by atoms with Crippen molar-refractivity contribution in [1.29, 1.82) is 0 Å². The molecule has 0 aliphatic carbocycles. The zero-order valence-corrected chi connectivity index (χ0v) is 13.1. The lowest BCUT2D eigenvalue weighted by Gasteiger charge is -2.29. The molecule has 3 rings (SSSR count). The molecule has 1 aliphatic heterocycles. The molecule has 2 aromatic rings. The minimum absolute atomic E-state index is 0.0859. The number of nitrogens with zero attached hydrogens (tertiary/aromatic N) is 1. The van der Waals surface area contributed by atoms with E-state index in [1.54, 1.807) is 7.11 Å². The molecule has 0 spiro atoms. The van der Waals surface area contributed by atoms with Gasteiger partial charge in [-0.25, -0.2) is 0 Å². The summed E-state index contributed by atoms with van der Waals surface area (Å²) in [5.74, 6) is 0.617. The Kier molecular flexibility index (Phi) is 3.79. The lowest BCUT2D eigenvalue weighted by Crippen LogP contribution is -2.31. The van der Waals surface area contributed by atoms with Gasteiger partial charge in [-0.1, -0.05) is 0 Å². The van der Waals surface area contributed by atoms with E-state index in [0.717, 1.165) is 22.3 Å². The monoisotopic (exact) mass is 300 g/mol. The SMILES string of the molecule is CCOC(=O)CN1C=Cc2c([nH]c3cc(OC)ccc23)C1C. The smallest absolute Gasteiger partial charge is 0.325 e. The topological polar surface area (TPSA) is 54.6 Å². The minimum atomic E-state index is -0.208. The van der Waals surface area contributed by atoms with E-state index in [-0.39, 0.29) is 18.6 Å². The predicted molar refractivity (Wildman–Crippen MR) is 85.6 cm³/mol. The molecule has 1 aromatic heterocycles. The Morgan fingerprint density at radius 2 is 2.23 bits per heavy atom. The lowest BCUT2D eigenvalue weighted by molar-refractivity contribution is -0.144. The Bertz CT molecular complexity index is 733. The van der Waals surface area contributed by atoms with E-state index in [4.69, 9.17) is 9.47 Å². The molecule has 0 saturated heterocycles. The molecule has 0 fully saturated rings. The Balaban J connectivity index is 1.92. The Morgan fingerprint density at radius 3 is 2.95 bits per heavy atom. The summed E-state index contributed by atoms with van der Waals surface area (Å²) in [5, 5.41) is 1.16. The molecule has 0 radical (unpaired) electrons. The maximum atomic E-state index is 11.7. The Labute approximate surface area is 129 Å². The standard InChI is InChI=1S/C17H20N2O3/c1-4-22-16(20)10-19-8-7-14-13-6-5-12(21-3)9-15(13)18-17(14)11(19)2/h5-9,11,18H,4,10H2,1-3H3. The van der Waals surface area contributed by atoms with Gasteiger partial charge in [0.25, 0.3) is 0 Å². The molecule has 22 heavy (non-hydrogen) atoms. The number of hydrogen-bond acceptors (Lipinski definition) is 4. The number of nitrogens with one attached hydrogen (secondary N) is 1. The maximum absolute atomic E-state index is 11.7. The van der Waals surface area contributed by atoms with Gasteiger partial charge in [0, 0.05) is 34.4 Å². The van der Waals surface area contributed by atoms with E-state index in [2.05, 4.69) is 18.0 Å². The predicted octanol–water partition coefficient (Wildman–Crippen LogP) is 3.09. The fraction of sp³-hybridized carbons (Fsp3) is 0.353. The van der Waals surface area contributed by atoms with Gasteiger partial charge in [-0.15, -0.1) is 0 Å². The van der Waals surface area contributed by atoms with Crippen molar-refractivity contribution in [2.75, 3.05) is 20.3 Å². The molecule has 5 heteroatoms. The highest BCUT2D eigenvalue weighted by Crippen LogP contribution is 2.35. The highest BCUT2D eigenvalue weighted by atomic mass is 16.5. The van der Waals surface area contributed by atoms with Gasteiger partial charge >= 0.3 is 5.97 Å². The molecule has 1 N–H and O–H groups in total. The van der Waals surface area contributed by atoms with Crippen LogP contribution in [0, 0.1) is 0 Å². The second-order valence-electron chi connectivity index (χ2n) is 5.33. The number of hydrogen-bond donors (Lipinski definition) is 1. The molecule has 0 saturated carbocycles. The van der Waals surface area contributed by atoms with Gasteiger partial charge in [0.05, 0.1) is 19.8 Å². The van der Waals surface area contributed by atoms with Gasteiger partial charge in [0.1, 0.15) is 12.3 Å². The Hall–Kier alpha value is -2.43. The van der Waals surface area contributed by atoms with E-state index in [1.165, 1.54) is 5.56 Å². The lowest BCUT2D eigenvalue weighted by atomic mass is 10.0. The highest BCUT2D eigenvalue weighted by Gasteiger charge is 2.24. The van der Waals surface area contributed by atoms with Crippen LogP contribution in [0.15, 0.2) is 24.4 Å². The van der Waals surface area contributed by atoms with Crippen molar-refractivity contribution < 1.29 is 14.3 Å². The highest BCUT2D eigenvalue weighted by molar-refractivity contribution is 5.92. The number of esters is 1. The molecule has 0 bridgehead atoms. The van der Waals surface area contributed by atoms with Gasteiger partial charge in [-0.2, -0.15) is 0 Å². The van der Waals surface area contributed by atoms with Gasteiger partial charge in [-0.05, 0) is 32.1 Å². The van der Waals surface area contributed by atoms with Crippen molar-refractivity contribution in [2.45, 2.75) is 19.9 Å². The van der Waals surface area contributed by atoms with Crippen molar-refractivity contribution in [3.8, 4) is 5.75 Å². The number of aromatic amines is 1. The third kappa shape index (κ3) is 2.43. The van der Waals surface area contributed by atoms with Gasteiger partial charge in [-0.3, -0.25) is 4.79 Å². The summed E-state index contributed by atoms with van der Waals surface area (Å²) < 4.78 is 10.3. The first-order valence-corrected chi connectivity index (χ1v) is 7.43. The molecule has 5 nitrogen and oxygen atoms in total. The van der Waals surface area contributed by atoms with Crippen molar-refractivity contribution in [1.82, 2.24) is 9.88 Å². The first kappa shape index (κ1) is 14.5. The summed E-state index contributed by atoms with van der Waals surface area (Å²) >= 11 is 0. The van der Waals surface area contributed by atoms with E-state index in [0.29, 0.717) is 6.61 Å². The summed E-state index contributed by atoms with van der Waals surface area (Å²) in [6.45, 7) is 4.55. The second kappa shape index (κ2) is 5.75. The van der Waals surface area contributed by atoms with Crippen LogP contribution in [0.25, 0.3) is 17.0 Å². The fourth-order valence-electron chi connectivity index (χ4n) is 2.87. The molecule has 116 valence electrons. The van der Waals surface area contributed by atoms with Gasteiger partial charge in [0.15, 0.2) is 0 Å². The third-order valence-corrected chi connectivity index (χ3v) is 4.04. The summed E-state index contributed by atoms with van der Waals surface area (Å²) in [7, 11) is 1.66. The van der Waals surface area contributed by atoms with Crippen molar-refractivity contribution >= 4 is 22.9 Å². The second-order valence-corrected chi connectivity index (χ2v) is 5.33. The van der Waals surface area contributed by atoms with Crippen LogP contribution in [0.1, 0.15) is 31.1 Å². The minimum Gasteiger partial charge on any atom is -0.497 e. The van der Waals surface area contributed by atoms with Crippen molar-refractivity contribution in [3.63, 3.8) is 0 Å². The first-order chi connectivity index (χ1) is 10.6. The number of rotatable bonds is 4. The molecule has 1 unspecified atom stereocenters. The zero-order chi connectivity index (χ0) is 15.7. The molecular weight excluding hydrogens is 280 g/mol. The zero-order valence-electron chi connectivity index (χ0n) is 13.1. The van der Waals surface area contributed by atoms with Crippen LogP contribution in [-0.2, 0) is 9.53 Å². The van der Waals surface area contributed by atoms with E-state index in [1.807, 2.05) is 36.2 Å². The quantitative estimate of drug-likeness (QED) is 0.882. The number of methoxy groups -OCH3 is 1. The normalized spacial score (nSPS) is 16.7. The molecule has 2 heterocycles. The first-order valence-electron chi connectivity index (χ1n) is 7.43. The molecular formula is C17H20N2O3. The average molecular weight is 300 g/mol. The van der Waals surface area contributed by atoms with Crippen LogP contribution >= 0.6 is 0 Å². The maximum Gasteiger partial charge on any atom is 0.325 e. The summed E-state index contributed by atoms with van der Waals surface area (Å²) in [5.41, 5.74) is 3.32. The Morgan fingerprint density at radius 1 is 1.41 bits per heavy atom. The van der Waals surface area contributed by atoms with Crippen LogP contribution in [0.5, 0.6) is 5.75 Å². The van der Waals surface area contributed by atoms with Crippen LogP contribution in [0.2, 0.25) is 0 Å². The number of aromatic nitrogens is 1.